The van der Waals surface area contributed by atoms with E-state index >= 15 is 0 Å². The molecule has 0 spiro atoms. The smallest absolute Gasteiger partial charge is 0.303 e. The molecule has 2 aromatic rings. The van der Waals surface area contributed by atoms with Crippen LogP contribution >= 0.6 is 0 Å². The number of amides is 1. The van der Waals surface area contributed by atoms with Crippen LogP contribution in [0, 0.1) is 11.6 Å². The summed E-state index contributed by atoms with van der Waals surface area (Å²) < 4.78 is 77.4. The third kappa shape index (κ3) is 6.74. The molecule has 7 nitrogen and oxygen atoms in total. The van der Waals surface area contributed by atoms with Crippen LogP contribution in [-0.4, -0.2) is 48.5 Å². The van der Waals surface area contributed by atoms with E-state index in [2.05, 4.69) is 15.3 Å². The minimum absolute atomic E-state index is 0.107. The highest BCUT2D eigenvalue weighted by atomic mass is 32.2. The van der Waals surface area contributed by atoms with Gasteiger partial charge in [-0.05, 0) is 25.1 Å². The van der Waals surface area contributed by atoms with Crippen LogP contribution in [0.25, 0.3) is 0 Å². The number of nitrogens with one attached hydrogen (secondary N) is 1. The molecular formula is C20H22F4N4O3S. The van der Waals surface area contributed by atoms with Crippen molar-refractivity contribution < 1.29 is 30.8 Å². The van der Waals surface area contributed by atoms with Gasteiger partial charge >= 0.3 is 5.92 Å². The number of carbonyl (C=O) groups is 1. The molecule has 1 N–H and O–H groups in total. The van der Waals surface area contributed by atoms with E-state index in [0.717, 1.165) is 41.0 Å². The Balaban J connectivity index is 2.39. The van der Waals surface area contributed by atoms with Crippen LogP contribution < -0.4 is 5.32 Å². The lowest BCUT2D eigenvalue weighted by Gasteiger charge is -2.24. The number of aromatic nitrogens is 2. The molecule has 32 heavy (non-hydrogen) atoms. The van der Waals surface area contributed by atoms with E-state index in [9.17, 15) is 30.8 Å². The first-order chi connectivity index (χ1) is 14.7. The van der Waals surface area contributed by atoms with Gasteiger partial charge in [0.25, 0.3) is 5.91 Å². The lowest BCUT2D eigenvalue weighted by Crippen LogP contribution is -2.35. The molecular weight excluding hydrogens is 452 g/mol. The molecule has 1 aromatic carbocycles. The van der Waals surface area contributed by atoms with Gasteiger partial charge in [-0.25, -0.2) is 27.2 Å². The largest absolute Gasteiger partial charge is 0.365 e. The number of carbonyl (C=O) groups excluding carboxylic acids is 1. The fourth-order valence-corrected chi connectivity index (χ4v) is 3.02. The molecule has 1 aromatic heterocycles. The van der Waals surface area contributed by atoms with Crippen molar-refractivity contribution in [3.05, 3.63) is 64.5 Å². The maximum Gasteiger partial charge on any atom is 0.303 e. The average Bonchev–Trinajstić information content (AvgIpc) is 2.70. The van der Waals surface area contributed by atoms with Gasteiger partial charge in [0.05, 0.1) is 0 Å². The van der Waals surface area contributed by atoms with E-state index < -0.39 is 45.2 Å². The zero-order valence-electron chi connectivity index (χ0n) is 17.7. The third-order valence-electron chi connectivity index (χ3n) is 4.40. The number of rotatable bonds is 8. The number of alkyl halides is 2. The molecule has 0 saturated carbocycles. The van der Waals surface area contributed by atoms with Gasteiger partial charge in [-0.3, -0.25) is 4.79 Å². The highest BCUT2D eigenvalue weighted by molar-refractivity contribution is 7.93. The first kappa shape index (κ1) is 25.2. The van der Waals surface area contributed by atoms with E-state index in [1.165, 1.54) is 13.1 Å². The molecule has 1 heterocycles. The van der Waals surface area contributed by atoms with Crippen LogP contribution in [0.4, 0.5) is 23.4 Å². The number of nitrogens with zero attached hydrogens (tertiary/aromatic N) is 3. The van der Waals surface area contributed by atoms with Crippen LogP contribution in [0.1, 0.15) is 35.6 Å². The summed E-state index contributed by atoms with van der Waals surface area (Å²) in [6, 6.07) is 2.07. The van der Waals surface area contributed by atoms with Gasteiger partial charge in [-0.1, -0.05) is 6.08 Å². The van der Waals surface area contributed by atoms with Crippen LogP contribution in [0.3, 0.4) is 0 Å². The van der Waals surface area contributed by atoms with Crippen LogP contribution in [0.2, 0.25) is 0 Å². The fraction of sp³-hybridized carbons (Fsp3) is 0.350. The van der Waals surface area contributed by atoms with E-state index in [1.807, 2.05) is 0 Å². The van der Waals surface area contributed by atoms with Crippen molar-refractivity contribution in [2.75, 3.05) is 18.6 Å². The molecule has 0 saturated heterocycles. The van der Waals surface area contributed by atoms with Crippen molar-refractivity contribution in [1.82, 2.24) is 14.9 Å². The Kier molecular flexibility index (Phi) is 7.60. The number of sulfone groups is 1. The molecule has 12 heteroatoms. The summed E-state index contributed by atoms with van der Waals surface area (Å²) in [7, 11) is -2.05. The molecule has 174 valence electrons. The lowest BCUT2D eigenvalue weighted by molar-refractivity contribution is 0.00771. The topological polar surface area (TPSA) is 92.3 Å². The second-order valence-corrected chi connectivity index (χ2v) is 9.18. The van der Waals surface area contributed by atoms with Crippen molar-refractivity contribution in [2.45, 2.75) is 32.4 Å². The predicted octanol–water partition coefficient (Wildman–Crippen LogP) is 3.50. The summed E-state index contributed by atoms with van der Waals surface area (Å²) >= 11 is 0. The molecule has 0 radical (unpaired) electrons. The predicted molar refractivity (Wildman–Crippen MR) is 111 cm³/mol. The standard InChI is InChI=1S/C20H22F4N4O3S/c1-12(7-8-32(4,30)31)28(3)18(29)15-11-26-19(20(2,23)24)27-17(15)25-10-13-9-14(21)5-6-16(13)22/h5-9,11-12H,10H2,1-4H3,(H,25,26,27)/b8-7+/t12-/m0/s1. The third-order valence-corrected chi connectivity index (χ3v) is 5.05. The highest BCUT2D eigenvalue weighted by Crippen LogP contribution is 2.26. The van der Waals surface area contributed by atoms with Crippen molar-refractivity contribution >= 4 is 21.6 Å². The first-order valence-electron chi connectivity index (χ1n) is 9.27. The molecule has 0 aliphatic carbocycles. The number of benzene rings is 1. The summed E-state index contributed by atoms with van der Waals surface area (Å²) in [4.78, 5) is 21.3. The van der Waals surface area contributed by atoms with E-state index in [4.69, 9.17) is 0 Å². The van der Waals surface area contributed by atoms with Crippen LogP contribution in [0.15, 0.2) is 35.9 Å². The fourth-order valence-electron chi connectivity index (χ4n) is 2.50. The number of hydrogen-bond donors (Lipinski definition) is 1. The second-order valence-electron chi connectivity index (χ2n) is 7.25. The molecule has 0 aliphatic heterocycles. The monoisotopic (exact) mass is 474 g/mol. The average molecular weight is 474 g/mol. The Labute approximate surface area is 183 Å². The molecule has 0 aliphatic rings. The molecule has 2 rings (SSSR count). The van der Waals surface area contributed by atoms with Gasteiger partial charge in [0.15, 0.2) is 9.84 Å². The Morgan fingerprint density at radius 3 is 2.56 bits per heavy atom. The maximum absolute atomic E-state index is 13.9. The number of anilines is 1. The van der Waals surface area contributed by atoms with Crippen molar-refractivity contribution in [2.24, 2.45) is 0 Å². The van der Waals surface area contributed by atoms with Crippen LogP contribution in [0.5, 0.6) is 0 Å². The van der Waals surface area contributed by atoms with E-state index in [0.29, 0.717) is 6.92 Å². The molecule has 1 amide bonds. The van der Waals surface area contributed by atoms with Crippen molar-refractivity contribution in [1.29, 1.82) is 0 Å². The van der Waals surface area contributed by atoms with E-state index in [-0.39, 0.29) is 23.5 Å². The zero-order chi connectivity index (χ0) is 24.3. The quantitative estimate of drug-likeness (QED) is 0.589. The highest BCUT2D eigenvalue weighted by Gasteiger charge is 2.30. The SMILES string of the molecule is C[C@@H](/C=C/S(C)(=O)=O)N(C)C(=O)c1cnc(C(C)(F)F)nc1NCc1cc(F)ccc1F. The number of hydrogen-bond acceptors (Lipinski definition) is 6. The zero-order valence-corrected chi connectivity index (χ0v) is 18.6. The Hall–Kier alpha value is -3.02. The summed E-state index contributed by atoms with van der Waals surface area (Å²) in [6.07, 6.45) is 3.16. The minimum Gasteiger partial charge on any atom is -0.365 e. The molecule has 0 fully saturated rings. The summed E-state index contributed by atoms with van der Waals surface area (Å²) in [5.41, 5.74) is -0.318. The lowest BCUT2D eigenvalue weighted by atomic mass is 10.2. The van der Waals surface area contributed by atoms with Gasteiger partial charge in [0, 0.05) is 50.0 Å². The molecule has 0 bridgehead atoms. The van der Waals surface area contributed by atoms with Gasteiger partial charge < -0.3 is 10.2 Å². The van der Waals surface area contributed by atoms with Crippen molar-refractivity contribution in [3.63, 3.8) is 0 Å². The first-order valence-corrected chi connectivity index (χ1v) is 11.2. The van der Waals surface area contributed by atoms with E-state index in [1.54, 1.807) is 6.92 Å². The Morgan fingerprint density at radius 2 is 1.97 bits per heavy atom. The van der Waals surface area contributed by atoms with Crippen LogP contribution in [-0.2, 0) is 22.3 Å². The Bertz CT molecular complexity index is 1130. The minimum atomic E-state index is -3.43. The Morgan fingerprint density at radius 1 is 1.31 bits per heavy atom. The maximum atomic E-state index is 13.9. The normalized spacial score (nSPS) is 13.2. The van der Waals surface area contributed by atoms with Gasteiger partial charge in [-0.2, -0.15) is 8.78 Å². The van der Waals surface area contributed by atoms with Gasteiger partial charge in [-0.15, -0.1) is 0 Å². The number of halogens is 4. The van der Waals surface area contributed by atoms with Crippen molar-refractivity contribution in [3.8, 4) is 0 Å². The second kappa shape index (κ2) is 9.63. The molecule has 1 atom stereocenters. The molecule has 0 unspecified atom stereocenters. The van der Waals surface area contributed by atoms with Gasteiger partial charge in [0.2, 0.25) is 5.82 Å². The summed E-state index contributed by atoms with van der Waals surface area (Å²) in [5, 5.41) is 3.52. The number of likely N-dealkylation sites (N-methyl/N-ethyl adjacent to an activating group) is 1. The summed E-state index contributed by atoms with van der Waals surface area (Å²) in [6.45, 7) is 1.77. The van der Waals surface area contributed by atoms with Gasteiger partial charge in [0.1, 0.15) is 23.0 Å². The summed E-state index contributed by atoms with van der Waals surface area (Å²) in [5.74, 6) is -6.74.